The zero-order valence-corrected chi connectivity index (χ0v) is 21.4. The number of hydrogen-bond donors (Lipinski definition) is 1. The zero-order valence-electron chi connectivity index (χ0n) is 19.8. The van der Waals surface area contributed by atoms with E-state index in [4.69, 9.17) is 17.0 Å². The zero-order chi connectivity index (χ0) is 24.5. The van der Waals surface area contributed by atoms with Crippen LogP contribution in [0.2, 0.25) is 0 Å². The van der Waals surface area contributed by atoms with E-state index in [9.17, 15) is 14.7 Å². The van der Waals surface area contributed by atoms with Gasteiger partial charge in [-0.05, 0) is 25.0 Å². The van der Waals surface area contributed by atoms with Gasteiger partial charge in [0.05, 0.1) is 40.9 Å². The number of piperazine rings is 1. The molecule has 1 amide bonds. The Morgan fingerprint density at radius 2 is 1.97 bits per heavy atom. The van der Waals surface area contributed by atoms with Crippen molar-refractivity contribution in [2.75, 3.05) is 57.4 Å². The molecule has 1 unspecified atom stereocenters. The Hall–Kier alpha value is -2.24. The first kappa shape index (κ1) is 24.5. The molecule has 0 saturated carbocycles. The number of fused-ring (bicyclic) bond motifs is 1. The maximum absolute atomic E-state index is 13.6. The maximum Gasteiger partial charge on any atom is 0.266 e. The molecule has 0 radical (unpaired) electrons. The molecule has 1 N–H and O–H groups in total. The molecule has 5 rings (SSSR count). The molecular formula is C25H30N4O4S2. The highest BCUT2D eigenvalue weighted by Crippen LogP contribution is 2.36. The maximum atomic E-state index is 13.6. The molecule has 2 aromatic rings. The number of rotatable bonds is 6. The first-order valence-corrected chi connectivity index (χ1v) is 13.3. The number of hydrogen-bond acceptors (Lipinski definition) is 8. The highest BCUT2D eigenvalue weighted by Gasteiger charge is 2.35. The first-order chi connectivity index (χ1) is 17.0. The molecular weight excluding hydrogens is 484 g/mol. The van der Waals surface area contributed by atoms with Crippen LogP contribution in [0.5, 0.6) is 0 Å². The van der Waals surface area contributed by atoms with Crippen LogP contribution in [-0.4, -0.2) is 88.3 Å². The van der Waals surface area contributed by atoms with Crippen LogP contribution < -0.4 is 10.5 Å². The first-order valence-electron chi connectivity index (χ1n) is 12.0. The number of carbonyl (C=O) groups excluding carboxylic acids is 1. The van der Waals surface area contributed by atoms with Crippen molar-refractivity contribution in [3.05, 3.63) is 45.1 Å². The van der Waals surface area contributed by atoms with Crippen molar-refractivity contribution in [2.24, 2.45) is 7.05 Å². The van der Waals surface area contributed by atoms with Crippen LogP contribution in [0.3, 0.4) is 0 Å². The number of aliphatic hydroxyl groups is 1. The van der Waals surface area contributed by atoms with E-state index in [2.05, 4.69) is 9.80 Å². The number of para-hydroxylation sites is 1. The molecule has 0 spiro atoms. The van der Waals surface area contributed by atoms with Crippen LogP contribution in [0.4, 0.5) is 5.69 Å². The minimum Gasteiger partial charge on any atom is -0.395 e. The molecule has 1 aromatic carbocycles. The summed E-state index contributed by atoms with van der Waals surface area (Å²) >= 11 is 6.78. The van der Waals surface area contributed by atoms with E-state index >= 15 is 0 Å². The molecule has 3 saturated heterocycles. The summed E-state index contributed by atoms with van der Waals surface area (Å²) in [5, 5.41) is 10.3. The average molecular weight is 515 g/mol. The summed E-state index contributed by atoms with van der Waals surface area (Å²) in [4.78, 5) is 33.5. The second-order valence-electron chi connectivity index (χ2n) is 9.12. The van der Waals surface area contributed by atoms with Crippen LogP contribution in [0, 0.1) is 0 Å². The predicted octanol–water partition coefficient (Wildman–Crippen LogP) is 2.03. The molecule has 10 heteroatoms. The van der Waals surface area contributed by atoms with Crippen LogP contribution in [0.25, 0.3) is 17.0 Å². The van der Waals surface area contributed by atoms with Crippen LogP contribution in [0.15, 0.2) is 34.0 Å². The lowest BCUT2D eigenvalue weighted by Crippen LogP contribution is -2.48. The van der Waals surface area contributed by atoms with Gasteiger partial charge in [-0.2, -0.15) is 0 Å². The summed E-state index contributed by atoms with van der Waals surface area (Å²) in [5.74, 6) is -0.163. The molecule has 3 aliphatic rings. The average Bonchev–Trinajstić information content (AvgIpc) is 3.47. The van der Waals surface area contributed by atoms with Crippen LogP contribution in [-0.2, 0) is 16.6 Å². The molecule has 186 valence electrons. The van der Waals surface area contributed by atoms with Gasteiger partial charge in [-0.3, -0.25) is 19.4 Å². The highest BCUT2D eigenvalue weighted by atomic mass is 32.2. The van der Waals surface area contributed by atoms with Crippen molar-refractivity contribution >= 4 is 56.9 Å². The SMILES string of the molecule is Cn1c(=O)c(C=C2SC(=S)N(CC3CCCO3)C2=O)c(N2CCN(CCO)CC2)c2ccccc21. The van der Waals surface area contributed by atoms with Gasteiger partial charge in [0.15, 0.2) is 0 Å². The number of nitrogens with zero attached hydrogens (tertiary/aromatic N) is 4. The number of carbonyl (C=O) groups is 1. The van der Waals surface area contributed by atoms with Gasteiger partial charge in [0.25, 0.3) is 11.5 Å². The lowest BCUT2D eigenvalue weighted by molar-refractivity contribution is -0.123. The van der Waals surface area contributed by atoms with Crippen molar-refractivity contribution in [1.29, 1.82) is 0 Å². The molecule has 35 heavy (non-hydrogen) atoms. The number of thiocarbonyl (C=S) groups is 1. The second-order valence-corrected chi connectivity index (χ2v) is 10.8. The van der Waals surface area contributed by atoms with Gasteiger partial charge in [0.2, 0.25) is 0 Å². The van der Waals surface area contributed by atoms with Crippen molar-refractivity contribution in [1.82, 2.24) is 14.4 Å². The number of aryl methyl sites for hydroxylation is 1. The van der Waals surface area contributed by atoms with Crippen LogP contribution in [0.1, 0.15) is 18.4 Å². The second kappa shape index (κ2) is 10.4. The van der Waals surface area contributed by atoms with E-state index in [1.807, 2.05) is 24.3 Å². The van der Waals surface area contributed by atoms with E-state index in [-0.39, 0.29) is 24.2 Å². The number of β-amino-alcohol motifs (C(OH)–C–C–N with tert-alkyl or cyclic N) is 1. The lowest BCUT2D eigenvalue weighted by Gasteiger charge is -2.37. The Morgan fingerprint density at radius 1 is 1.20 bits per heavy atom. The number of amides is 1. The minimum absolute atomic E-state index is 0.0103. The number of aliphatic hydroxyl groups excluding tert-OH is 1. The largest absolute Gasteiger partial charge is 0.395 e. The van der Waals surface area contributed by atoms with Gasteiger partial charge in [-0.1, -0.05) is 42.2 Å². The fraction of sp³-hybridized carbons (Fsp3) is 0.480. The molecule has 4 heterocycles. The fourth-order valence-corrected chi connectivity index (χ4v) is 6.35. The van der Waals surface area contributed by atoms with E-state index in [1.54, 1.807) is 22.6 Å². The number of ether oxygens (including phenoxy) is 1. The monoisotopic (exact) mass is 514 g/mol. The number of benzene rings is 1. The van der Waals surface area contributed by atoms with Crippen molar-refractivity contribution in [2.45, 2.75) is 18.9 Å². The van der Waals surface area contributed by atoms with Gasteiger partial charge in [0, 0.05) is 51.8 Å². The van der Waals surface area contributed by atoms with E-state index in [0.717, 1.165) is 62.2 Å². The van der Waals surface area contributed by atoms with Gasteiger partial charge in [-0.25, -0.2) is 0 Å². The summed E-state index contributed by atoms with van der Waals surface area (Å²) in [6.45, 7) is 5.02. The Labute approximate surface area is 214 Å². The van der Waals surface area contributed by atoms with E-state index in [0.29, 0.717) is 27.9 Å². The summed E-state index contributed by atoms with van der Waals surface area (Å²) in [7, 11) is 1.77. The third-order valence-electron chi connectivity index (χ3n) is 6.97. The van der Waals surface area contributed by atoms with Gasteiger partial charge >= 0.3 is 0 Å². The summed E-state index contributed by atoms with van der Waals surface area (Å²) < 4.78 is 7.87. The topological polar surface area (TPSA) is 78.2 Å². The molecule has 1 atom stereocenters. The Kier molecular flexibility index (Phi) is 7.26. The van der Waals surface area contributed by atoms with E-state index in [1.165, 1.54) is 11.8 Å². The van der Waals surface area contributed by atoms with Crippen LogP contribution >= 0.6 is 24.0 Å². The van der Waals surface area contributed by atoms with Gasteiger partial charge < -0.3 is 19.3 Å². The van der Waals surface area contributed by atoms with Crippen molar-refractivity contribution < 1.29 is 14.6 Å². The number of pyridine rings is 1. The molecule has 3 aliphatic heterocycles. The number of aromatic nitrogens is 1. The van der Waals surface area contributed by atoms with Gasteiger partial charge in [0.1, 0.15) is 4.32 Å². The Morgan fingerprint density at radius 3 is 2.69 bits per heavy atom. The molecule has 3 fully saturated rings. The Bertz CT molecular complexity index is 1230. The molecule has 0 aliphatic carbocycles. The standard InChI is InChI=1S/C25H30N4O4S2/c1-26-20-7-3-2-6-18(20)22(28-10-8-27(9-11-28)12-13-30)19(23(26)31)15-21-24(32)29(25(34)35-21)16-17-5-4-14-33-17/h2-3,6-7,15,17,30H,4-5,8-14,16H2,1H3. The molecule has 0 bridgehead atoms. The van der Waals surface area contributed by atoms with Crippen molar-refractivity contribution in [3.8, 4) is 0 Å². The Balaban J connectivity index is 1.54. The molecule has 1 aromatic heterocycles. The number of thioether (sulfide) groups is 1. The minimum atomic E-state index is -0.163. The number of anilines is 1. The third-order valence-corrected chi connectivity index (χ3v) is 8.35. The van der Waals surface area contributed by atoms with Crippen molar-refractivity contribution in [3.63, 3.8) is 0 Å². The lowest BCUT2D eigenvalue weighted by atomic mass is 10.1. The third kappa shape index (κ3) is 4.77. The predicted molar refractivity (Wildman–Crippen MR) is 144 cm³/mol. The summed E-state index contributed by atoms with van der Waals surface area (Å²) in [5.41, 5.74) is 2.09. The quantitative estimate of drug-likeness (QED) is 0.464. The van der Waals surface area contributed by atoms with Gasteiger partial charge in [-0.15, -0.1) is 0 Å². The normalized spacial score (nSPS) is 22.8. The fourth-order valence-electron chi connectivity index (χ4n) is 5.09. The smallest absolute Gasteiger partial charge is 0.266 e. The highest BCUT2D eigenvalue weighted by molar-refractivity contribution is 8.26. The molecule has 8 nitrogen and oxygen atoms in total. The summed E-state index contributed by atoms with van der Waals surface area (Å²) in [6.07, 6.45) is 3.67. The van der Waals surface area contributed by atoms with E-state index < -0.39 is 0 Å². The summed E-state index contributed by atoms with van der Waals surface area (Å²) in [6, 6.07) is 7.89.